The average Bonchev–Trinajstić information content (AvgIpc) is 2.73. The molecule has 0 atom stereocenters. The number of benzene rings is 1. The molecule has 1 aliphatic heterocycles. The quantitative estimate of drug-likeness (QED) is 0.734. The van der Waals surface area contributed by atoms with Gasteiger partial charge in [0.25, 0.3) is 0 Å². The summed E-state index contributed by atoms with van der Waals surface area (Å²) < 4.78 is 28.4. The van der Waals surface area contributed by atoms with E-state index in [0.29, 0.717) is 18.0 Å². The normalized spacial score (nSPS) is 15.9. The molecule has 4 rings (SSSR count). The Bertz CT molecular complexity index is 1010. The third-order valence-electron chi connectivity index (χ3n) is 5.07. The van der Waals surface area contributed by atoms with Gasteiger partial charge in [0, 0.05) is 37.4 Å². The molecule has 1 aromatic carbocycles. The first-order chi connectivity index (χ1) is 13.1. The topological polar surface area (TPSA) is 75.2 Å². The second kappa shape index (κ2) is 7.62. The monoisotopic (exact) mass is 382 g/mol. The molecular weight excluding hydrogens is 360 g/mol. The van der Waals surface area contributed by atoms with Crippen LogP contribution in [0.3, 0.4) is 0 Å². The Kier molecular flexibility index (Phi) is 5.05. The van der Waals surface area contributed by atoms with Crippen LogP contribution in [0.1, 0.15) is 12.8 Å². The number of sulfonamides is 1. The highest BCUT2D eigenvalue weighted by Gasteiger charge is 2.23. The van der Waals surface area contributed by atoms with Crippen molar-refractivity contribution in [1.82, 2.24) is 14.7 Å². The van der Waals surface area contributed by atoms with Gasteiger partial charge in [-0.2, -0.15) is 0 Å². The number of para-hydroxylation sites is 1. The summed E-state index contributed by atoms with van der Waals surface area (Å²) in [6, 6.07) is 12.9. The van der Waals surface area contributed by atoms with Crippen molar-refractivity contribution in [1.29, 1.82) is 0 Å². The minimum Gasteiger partial charge on any atom is -0.370 e. The molecule has 1 aliphatic rings. The summed E-state index contributed by atoms with van der Waals surface area (Å²) in [5, 5.41) is 0.824. The van der Waals surface area contributed by atoms with E-state index in [0.717, 1.165) is 37.0 Å². The third kappa shape index (κ3) is 3.94. The molecule has 2 aromatic heterocycles. The molecule has 0 radical (unpaired) electrons. The van der Waals surface area contributed by atoms with E-state index in [2.05, 4.69) is 25.7 Å². The number of fused-ring (bicyclic) bond motifs is 1. The van der Waals surface area contributed by atoms with E-state index in [1.54, 1.807) is 24.5 Å². The van der Waals surface area contributed by atoms with Gasteiger partial charge in [-0.25, -0.2) is 13.1 Å². The van der Waals surface area contributed by atoms with Crippen LogP contribution in [0.4, 0.5) is 5.69 Å². The molecule has 0 saturated carbocycles. The maximum Gasteiger partial charge on any atom is 0.242 e. The predicted molar refractivity (Wildman–Crippen MR) is 106 cm³/mol. The molecule has 1 N–H and O–H groups in total. The van der Waals surface area contributed by atoms with Crippen molar-refractivity contribution in [2.75, 3.05) is 24.5 Å². The summed E-state index contributed by atoms with van der Waals surface area (Å²) in [5.74, 6) is 0.329. The van der Waals surface area contributed by atoms with Gasteiger partial charge in [0.1, 0.15) is 4.90 Å². The first-order valence-electron chi connectivity index (χ1n) is 9.12. The van der Waals surface area contributed by atoms with Gasteiger partial charge in [-0.3, -0.25) is 9.97 Å². The van der Waals surface area contributed by atoms with Crippen LogP contribution >= 0.6 is 0 Å². The average molecular weight is 382 g/mol. The Morgan fingerprint density at radius 3 is 2.59 bits per heavy atom. The summed E-state index contributed by atoms with van der Waals surface area (Å²) in [6.45, 7) is 2.27. The van der Waals surface area contributed by atoms with Crippen LogP contribution < -0.4 is 9.62 Å². The molecule has 0 spiro atoms. The van der Waals surface area contributed by atoms with Gasteiger partial charge in [-0.1, -0.05) is 18.2 Å². The van der Waals surface area contributed by atoms with Crippen LogP contribution in [0, 0.1) is 5.92 Å². The van der Waals surface area contributed by atoms with Gasteiger partial charge < -0.3 is 4.90 Å². The van der Waals surface area contributed by atoms with Crippen molar-refractivity contribution < 1.29 is 8.42 Å². The van der Waals surface area contributed by atoms with Crippen molar-refractivity contribution >= 4 is 26.6 Å². The van der Waals surface area contributed by atoms with E-state index < -0.39 is 10.0 Å². The van der Waals surface area contributed by atoms with Crippen LogP contribution in [0.15, 0.2) is 66.0 Å². The summed E-state index contributed by atoms with van der Waals surface area (Å²) >= 11 is 0. The molecule has 0 aliphatic carbocycles. The Hall–Kier alpha value is -2.51. The molecule has 3 aromatic rings. The highest BCUT2D eigenvalue weighted by atomic mass is 32.2. The Labute approximate surface area is 159 Å². The van der Waals surface area contributed by atoms with Crippen LogP contribution in [0.25, 0.3) is 10.9 Å². The van der Waals surface area contributed by atoms with E-state index in [-0.39, 0.29) is 4.90 Å². The zero-order chi connectivity index (χ0) is 18.7. The summed E-state index contributed by atoms with van der Waals surface area (Å²) in [5.41, 5.74) is 1.64. The lowest BCUT2D eigenvalue weighted by atomic mass is 9.97. The molecule has 1 fully saturated rings. The number of anilines is 1. The Morgan fingerprint density at radius 2 is 1.81 bits per heavy atom. The standard InChI is InChI=1S/C20H22N4O2S/c25-27(26,19-7-1-4-17-5-2-11-22-20(17)19)23-14-16-8-12-24(13-9-16)18-6-3-10-21-15-18/h1-7,10-11,15-16,23H,8-9,12-14H2. The molecule has 7 heteroatoms. The summed E-state index contributed by atoms with van der Waals surface area (Å²) in [4.78, 5) is 11.0. The van der Waals surface area contributed by atoms with E-state index in [1.165, 1.54) is 0 Å². The number of hydrogen-bond acceptors (Lipinski definition) is 5. The predicted octanol–water partition coefficient (Wildman–Crippen LogP) is 2.82. The van der Waals surface area contributed by atoms with Gasteiger partial charge in [-0.15, -0.1) is 0 Å². The zero-order valence-corrected chi connectivity index (χ0v) is 15.8. The number of nitrogens with one attached hydrogen (secondary N) is 1. The second-order valence-corrected chi connectivity index (χ2v) is 8.56. The lowest BCUT2D eigenvalue weighted by Crippen LogP contribution is -2.38. The van der Waals surface area contributed by atoms with Crippen molar-refractivity contribution in [3.8, 4) is 0 Å². The molecule has 3 heterocycles. The first kappa shape index (κ1) is 17.9. The van der Waals surface area contributed by atoms with E-state index in [9.17, 15) is 8.42 Å². The number of aromatic nitrogens is 2. The fourth-order valence-electron chi connectivity index (χ4n) is 3.53. The van der Waals surface area contributed by atoms with Crippen molar-refractivity contribution in [2.24, 2.45) is 5.92 Å². The molecular formula is C20H22N4O2S. The molecule has 6 nitrogen and oxygen atoms in total. The van der Waals surface area contributed by atoms with Gasteiger partial charge in [0.2, 0.25) is 10.0 Å². The second-order valence-electron chi connectivity index (χ2n) is 6.82. The molecule has 0 amide bonds. The first-order valence-corrected chi connectivity index (χ1v) is 10.6. The molecule has 1 saturated heterocycles. The Morgan fingerprint density at radius 1 is 1.04 bits per heavy atom. The molecule has 0 bridgehead atoms. The maximum absolute atomic E-state index is 12.8. The number of nitrogens with zero attached hydrogens (tertiary/aromatic N) is 3. The maximum atomic E-state index is 12.8. The van der Waals surface area contributed by atoms with Crippen molar-refractivity contribution in [3.63, 3.8) is 0 Å². The number of piperidine rings is 1. The lowest BCUT2D eigenvalue weighted by Gasteiger charge is -2.33. The van der Waals surface area contributed by atoms with Crippen LogP contribution in [0.2, 0.25) is 0 Å². The minimum atomic E-state index is -3.59. The molecule has 27 heavy (non-hydrogen) atoms. The van der Waals surface area contributed by atoms with E-state index in [1.807, 2.05) is 30.5 Å². The van der Waals surface area contributed by atoms with E-state index >= 15 is 0 Å². The van der Waals surface area contributed by atoms with Crippen LogP contribution in [-0.2, 0) is 10.0 Å². The van der Waals surface area contributed by atoms with Gasteiger partial charge >= 0.3 is 0 Å². The number of rotatable bonds is 5. The highest BCUT2D eigenvalue weighted by molar-refractivity contribution is 7.89. The highest BCUT2D eigenvalue weighted by Crippen LogP contribution is 2.24. The number of pyridine rings is 2. The van der Waals surface area contributed by atoms with Gasteiger partial charge in [-0.05, 0) is 43.0 Å². The van der Waals surface area contributed by atoms with E-state index in [4.69, 9.17) is 0 Å². The van der Waals surface area contributed by atoms with Gasteiger partial charge in [0.15, 0.2) is 0 Å². The van der Waals surface area contributed by atoms with Crippen LogP contribution in [-0.4, -0.2) is 38.0 Å². The van der Waals surface area contributed by atoms with Gasteiger partial charge in [0.05, 0.1) is 17.4 Å². The Balaban J connectivity index is 1.40. The summed E-state index contributed by atoms with van der Waals surface area (Å²) in [6.07, 6.45) is 7.16. The largest absolute Gasteiger partial charge is 0.370 e. The van der Waals surface area contributed by atoms with Crippen molar-refractivity contribution in [2.45, 2.75) is 17.7 Å². The molecule has 0 unspecified atom stereocenters. The third-order valence-corrected chi connectivity index (χ3v) is 6.53. The zero-order valence-electron chi connectivity index (χ0n) is 15.0. The molecule has 140 valence electrons. The summed E-state index contributed by atoms with van der Waals surface area (Å²) in [7, 11) is -3.59. The smallest absolute Gasteiger partial charge is 0.242 e. The lowest BCUT2D eigenvalue weighted by molar-refractivity contribution is 0.402. The minimum absolute atomic E-state index is 0.244. The van der Waals surface area contributed by atoms with Crippen LogP contribution in [0.5, 0.6) is 0 Å². The number of hydrogen-bond donors (Lipinski definition) is 1. The van der Waals surface area contributed by atoms with Crippen molar-refractivity contribution in [3.05, 3.63) is 61.1 Å². The SMILES string of the molecule is O=S(=O)(NCC1CCN(c2cccnc2)CC1)c1cccc2cccnc12. The fourth-order valence-corrected chi connectivity index (χ4v) is 4.83. The fraction of sp³-hybridized carbons (Fsp3) is 0.300.